The van der Waals surface area contributed by atoms with Crippen LogP contribution in [-0.2, 0) is 7.05 Å². The summed E-state index contributed by atoms with van der Waals surface area (Å²) in [6.07, 6.45) is 5.73. The van der Waals surface area contributed by atoms with E-state index in [2.05, 4.69) is 16.2 Å². The van der Waals surface area contributed by atoms with E-state index in [9.17, 15) is 5.26 Å². The molecule has 0 fully saturated rings. The van der Waals surface area contributed by atoms with Crippen molar-refractivity contribution in [2.75, 3.05) is 14.2 Å². The maximum atomic E-state index is 9.47. The van der Waals surface area contributed by atoms with Crippen LogP contribution < -0.4 is 9.47 Å². The molecular weight excluding hydrogens is 378 g/mol. The lowest BCUT2D eigenvalue weighted by Crippen LogP contribution is -2.02. The normalized spacial score (nSPS) is 11.8. The van der Waals surface area contributed by atoms with E-state index in [-0.39, 0.29) is 5.92 Å². The van der Waals surface area contributed by atoms with E-state index in [1.54, 1.807) is 31.3 Å². The van der Waals surface area contributed by atoms with Gasteiger partial charge in [-0.15, -0.1) is 0 Å². The third-order valence-electron chi connectivity index (χ3n) is 5.04. The van der Waals surface area contributed by atoms with Crippen LogP contribution in [0.3, 0.4) is 0 Å². The van der Waals surface area contributed by atoms with Gasteiger partial charge in [0, 0.05) is 37.2 Å². The Morgan fingerprint density at radius 3 is 2.40 bits per heavy atom. The molecule has 1 unspecified atom stereocenters. The summed E-state index contributed by atoms with van der Waals surface area (Å²) in [6.45, 7) is 0. The molecule has 4 aromatic rings. The summed E-state index contributed by atoms with van der Waals surface area (Å²) < 4.78 is 12.5. The zero-order valence-electron chi connectivity index (χ0n) is 17.0. The number of aryl methyl sites for hydroxylation is 1. The lowest BCUT2D eigenvalue weighted by atomic mass is 9.88. The summed E-state index contributed by atoms with van der Waals surface area (Å²) in [7, 11) is 5.10. The molecule has 0 N–H and O–H groups in total. The molecule has 0 aliphatic heterocycles. The van der Waals surface area contributed by atoms with E-state index in [1.807, 2.05) is 49.6 Å². The Balaban J connectivity index is 1.80. The summed E-state index contributed by atoms with van der Waals surface area (Å²) in [5.74, 6) is 1.23. The van der Waals surface area contributed by atoms with Crippen molar-refractivity contribution >= 4 is 11.0 Å². The summed E-state index contributed by atoms with van der Waals surface area (Å²) in [5, 5.41) is 13.7. The third-order valence-corrected chi connectivity index (χ3v) is 5.04. The highest BCUT2D eigenvalue weighted by Crippen LogP contribution is 2.34. The van der Waals surface area contributed by atoms with Crippen LogP contribution in [0.4, 0.5) is 0 Å². The predicted molar refractivity (Wildman–Crippen MR) is 113 cm³/mol. The highest BCUT2D eigenvalue weighted by molar-refractivity contribution is 5.78. The smallest absolute Gasteiger partial charge is 0.122 e. The Morgan fingerprint density at radius 2 is 1.77 bits per heavy atom. The molecule has 0 amide bonds. The van der Waals surface area contributed by atoms with Gasteiger partial charge in [0.25, 0.3) is 0 Å². The molecule has 0 saturated carbocycles. The molecule has 150 valence electrons. The first-order valence-corrected chi connectivity index (χ1v) is 9.47. The van der Waals surface area contributed by atoms with Crippen LogP contribution in [0.5, 0.6) is 11.5 Å². The molecule has 1 atom stereocenters. The molecular formula is C23H21N5O2. The highest BCUT2D eigenvalue weighted by atomic mass is 16.5. The lowest BCUT2D eigenvalue weighted by Gasteiger charge is -2.17. The second-order valence-electron chi connectivity index (χ2n) is 6.97. The van der Waals surface area contributed by atoms with Crippen molar-refractivity contribution in [2.24, 2.45) is 7.05 Å². The van der Waals surface area contributed by atoms with Gasteiger partial charge < -0.3 is 9.47 Å². The second kappa shape index (κ2) is 8.21. The van der Waals surface area contributed by atoms with Gasteiger partial charge in [-0.25, -0.2) is 4.98 Å². The van der Waals surface area contributed by atoms with Gasteiger partial charge in [-0.1, -0.05) is 6.07 Å². The lowest BCUT2D eigenvalue weighted by molar-refractivity contribution is 0.393. The van der Waals surface area contributed by atoms with Gasteiger partial charge in [0.1, 0.15) is 11.5 Å². The van der Waals surface area contributed by atoms with Gasteiger partial charge in [0.15, 0.2) is 0 Å². The van der Waals surface area contributed by atoms with Crippen LogP contribution in [0, 0.1) is 11.3 Å². The van der Waals surface area contributed by atoms with Crippen molar-refractivity contribution in [1.29, 1.82) is 5.26 Å². The molecule has 0 saturated heterocycles. The van der Waals surface area contributed by atoms with Crippen molar-refractivity contribution in [2.45, 2.75) is 12.3 Å². The maximum absolute atomic E-state index is 9.47. The van der Waals surface area contributed by atoms with Gasteiger partial charge in [0.2, 0.25) is 0 Å². The molecule has 4 rings (SSSR count). The van der Waals surface area contributed by atoms with Crippen LogP contribution in [-0.4, -0.2) is 34.0 Å². The molecule has 0 spiro atoms. The first-order chi connectivity index (χ1) is 14.6. The second-order valence-corrected chi connectivity index (χ2v) is 6.97. The minimum Gasteiger partial charge on any atom is -0.497 e. The Kier molecular flexibility index (Phi) is 5.31. The van der Waals surface area contributed by atoms with E-state index < -0.39 is 0 Å². The summed E-state index contributed by atoms with van der Waals surface area (Å²) in [5.41, 5.74) is 5.16. The molecule has 2 aromatic heterocycles. The average molecular weight is 399 g/mol. The number of benzene rings is 2. The van der Waals surface area contributed by atoms with E-state index in [1.165, 1.54) is 0 Å². The van der Waals surface area contributed by atoms with Crippen molar-refractivity contribution in [3.8, 4) is 28.8 Å². The van der Waals surface area contributed by atoms with Crippen LogP contribution in [0.15, 0.2) is 55.0 Å². The zero-order chi connectivity index (χ0) is 21.1. The molecule has 0 aliphatic rings. The summed E-state index contributed by atoms with van der Waals surface area (Å²) in [4.78, 5) is 9.31. The number of nitrogens with zero attached hydrogens (tertiary/aromatic N) is 5. The Bertz CT molecular complexity index is 1220. The number of hydrogen-bond acceptors (Lipinski definition) is 6. The molecule has 2 heterocycles. The van der Waals surface area contributed by atoms with Gasteiger partial charge in [-0.05, 0) is 35.4 Å². The first kappa shape index (κ1) is 19.4. The van der Waals surface area contributed by atoms with Gasteiger partial charge >= 0.3 is 0 Å². The number of methoxy groups -OCH3 is 2. The quantitative estimate of drug-likeness (QED) is 0.485. The number of nitriles is 1. The van der Waals surface area contributed by atoms with Crippen molar-refractivity contribution < 1.29 is 9.47 Å². The Morgan fingerprint density at radius 1 is 1.00 bits per heavy atom. The molecule has 7 heteroatoms. The Labute approximate surface area is 174 Å². The molecule has 0 radical (unpaired) electrons. The van der Waals surface area contributed by atoms with Crippen LogP contribution in [0.25, 0.3) is 22.3 Å². The fourth-order valence-electron chi connectivity index (χ4n) is 3.49. The predicted octanol–water partition coefficient (Wildman–Crippen LogP) is 4.09. The summed E-state index contributed by atoms with van der Waals surface area (Å²) >= 11 is 0. The molecule has 0 aliphatic carbocycles. The zero-order valence-corrected chi connectivity index (χ0v) is 17.0. The van der Waals surface area contributed by atoms with E-state index >= 15 is 0 Å². The monoisotopic (exact) mass is 399 g/mol. The van der Waals surface area contributed by atoms with Crippen LogP contribution in [0.2, 0.25) is 0 Å². The standard InChI is InChI=1S/C23H21N5O2/c1-28-14-17(12-26-28)23-13-25-21-5-4-15(10-22(21)27-23)20(6-7-24)16-8-18(29-2)11-19(9-16)30-3/h4-5,8-14,20H,6H2,1-3H3. The Hall–Kier alpha value is -3.92. The third kappa shape index (κ3) is 3.80. The molecule has 7 nitrogen and oxygen atoms in total. The number of ether oxygens (including phenoxy) is 2. The van der Waals surface area contributed by atoms with Gasteiger partial charge in [-0.3, -0.25) is 9.67 Å². The fraction of sp³-hybridized carbons (Fsp3) is 0.217. The van der Waals surface area contributed by atoms with E-state index in [0.29, 0.717) is 17.9 Å². The van der Waals surface area contributed by atoms with Crippen molar-refractivity contribution in [3.63, 3.8) is 0 Å². The maximum Gasteiger partial charge on any atom is 0.122 e. The van der Waals surface area contributed by atoms with Crippen molar-refractivity contribution in [1.82, 2.24) is 19.7 Å². The average Bonchev–Trinajstić information content (AvgIpc) is 3.22. The number of hydrogen-bond donors (Lipinski definition) is 0. The van der Waals surface area contributed by atoms with E-state index in [4.69, 9.17) is 14.5 Å². The molecule has 30 heavy (non-hydrogen) atoms. The van der Waals surface area contributed by atoms with Crippen molar-refractivity contribution in [3.05, 3.63) is 66.1 Å². The first-order valence-electron chi connectivity index (χ1n) is 9.47. The largest absolute Gasteiger partial charge is 0.497 e. The summed E-state index contributed by atoms with van der Waals surface area (Å²) in [6, 6.07) is 13.9. The minimum absolute atomic E-state index is 0.146. The van der Waals surface area contributed by atoms with E-state index in [0.717, 1.165) is 33.4 Å². The number of fused-ring (bicyclic) bond motifs is 1. The number of aromatic nitrogens is 4. The van der Waals surface area contributed by atoms with Crippen LogP contribution in [0.1, 0.15) is 23.5 Å². The van der Waals surface area contributed by atoms with Crippen LogP contribution >= 0.6 is 0 Å². The highest BCUT2D eigenvalue weighted by Gasteiger charge is 2.18. The SMILES string of the molecule is COc1cc(OC)cc(C(CC#N)c2ccc3ncc(-c4cnn(C)c4)nc3c2)c1. The van der Waals surface area contributed by atoms with Gasteiger partial charge in [0.05, 0.1) is 49.4 Å². The topological polar surface area (TPSA) is 85.9 Å². The van der Waals surface area contributed by atoms with Gasteiger partial charge in [-0.2, -0.15) is 10.4 Å². The minimum atomic E-state index is -0.146. The molecule has 0 bridgehead atoms. The number of rotatable bonds is 6. The fourth-order valence-corrected chi connectivity index (χ4v) is 3.49. The molecule has 2 aromatic carbocycles.